The monoisotopic (exact) mass is 371 g/mol. The number of hydrogen-bond acceptors (Lipinski definition) is 4. The summed E-state index contributed by atoms with van der Waals surface area (Å²) in [5, 5.41) is 6.98. The fourth-order valence-electron chi connectivity index (χ4n) is 2.94. The minimum Gasteiger partial charge on any atom is -0.353 e. The number of pyridine rings is 1. The molecule has 4 rings (SSSR count). The summed E-state index contributed by atoms with van der Waals surface area (Å²) in [4.78, 5) is 30.2. The molecule has 1 aliphatic rings. The molecule has 1 aliphatic heterocycles. The summed E-state index contributed by atoms with van der Waals surface area (Å²) in [5.41, 5.74) is 2.54. The van der Waals surface area contributed by atoms with Crippen LogP contribution in [0.5, 0.6) is 0 Å². The first-order chi connectivity index (χ1) is 13.7. The third-order valence-electron chi connectivity index (χ3n) is 4.31. The summed E-state index contributed by atoms with van der Waals surface area (Å²) in [6.07, 6.45) is 5.18. The van der Waals surface area contributed by atoms with Gasteiger partial charge in [-0.1, -0.05) is 12.0 Å². The first-order valence-electron chi connectivity index (χ1n) is 8.84. The van der Waals surface area contributed by atoms with E-state index in [2.05, 4.69) is 27.2 Å². The number of carbonyl (C=O) groups excluding carboxylic acids is 2. The lowest BCUT2D eigenvalue weighted by molar-refractivity contribution is -0.123. The van der Waals surface area contributed by atoms with Crippen LogP contribution in [-0.2, 0) is 4.79 Å². The van der Waals surface area contributed by atoms with Gasteiger partial charge in [-0.05, 0) is 42.3 Å². The summed E-state index contributed by atoms with van der Waals surface area (Å²) >= 11 is 0. The van der Waals surface area contributed by atoms with Gasteiger partial charge in [0, 0.05) is 37.2 Å². The Bertz CT molecular complexity index is 1070. The van der Waals surface area contributed by atoms with Gasteiger partial charge in [-0.15, -0.1) is 0 Å². The van der Waals surface area contributed by atoms with Crippen molar-refractivity contribution in [1.29, 1.82) is 0 Å². The van der Waals surface area contributed by atoms with Gasteiger partial charge in [0.25, 0.3) is 5.91 Å². The van der Waals surface area contributed by atoms with Gasteiger partial charge in [0.1, 0.15) is 5.69 Å². The van der Waals surface area contributed by atoms with Gasteiger partial charge in [0.2, 0.25) is 5.91 Å². The molecule has 0 radical (unpaired) electrons. The molecular weight excluding hydrogens is 354 g/mol. The molecule has 0 aliphatic carbocycles. The Morgan fingerprint density at radius 2 is 2.04 bits per heavy atom. The van der Waals surface area contributed by atoms with E-state index >= 15 is 0 Å². The van der Waals surface area contributed by atoms with Crippen LogP contribution in [0.25, 0.3) is 5.69 Å². The van der Waals surface area contributed by atoms with Crippen molar-refractivity contribution in [3.05, 3.63) is 77.9 Å². The molecule has 1 saturated heterocycles. The molecule has 0 atom stereocenters. The van der Waals surface area contributed by atoms with E-state index in [0.717, 1.165) is 5.69 Å². The number of hydrogen-bond donors (Lipinski definition) is 1. The molecule has 2 amide bonds. The van der Waals surface area contributed by atoms with Crippen molar-refractivity contribution in [1.82, 2.24) is 25.0 Å². The van der Waals surface area contributed by atoms with Gasteiger partial charge in [-0.3, -0.25) is 9.59 Å². The predicted octanol–water partition coefficient (Wildman–Crippen LogP) is 1.24. The van der Waals surface area contributed by atoms with Gasteiger partial charge in [0.15, 0.2) is 0 Å². The number of benzene rings is 1. The van der Waals surface area contributed by atoms with Crippen LogP contribution in [0.1, 0.15) is 21.6 Å². The zero-order valence-corrected chi connectivity index (χ0v) is 15.0. The molecule has 3 heterocycles. The number of rotatable bonds is 2. The Balaban J connectivity index is 1.71. The maximum Gasteiger partial charge on any atom is 0.254 e. The van der Waals surface area contributed by atoms with Crippen LogP contribution in [-0.4, -0.2) is 51.1 Å². The second-order valence-electron chi connectivity index (χ2n) is 6.22. The average molecular weight is 371 g/mol. The fourth-order valence-corrected chi connectivity index (χ4v) is 2.94. The number of aromatic nitrogens is 3. The average Bonchev–Trinajstić information content (AvgIpc) is 3.27. The molecule has 138 valence electrons. The van der Waals surface area contributed by atoms with Gasteiger partial charge in [0.05, 0.1) is 17.8 Å². The van der Waals surface area contributed by atoms with Crippen LogP contribution in [0.3, 0.4) is 0 Å². The molecule has 7 nitrogen and oxygen atoms in total. The molecule has 1 fully saturated rings. The predicted molar refractivity (Wildman–Crippen MR) is 103 cm³/mol. The van der Waals surface area contributed by atoms with Crippen LogP contribution in [0.4, 0.5) is 0 Å². The highest BCUT2D eigenvalue weighted by molar-refractivity contribution is 5.97. The normalized spacial score (nSPS) is 13.4. The van der Waals surface area contributed by atoms with E-state index in [1.165, 1.54) is 4.90 Å². The SMILES string of the molecule is O=C1CN(C(=O)c2ccc(-n3cccn3)c(C#Cc3ccccn3)c2)CCN1. The second kappa shape index (κ2) is 7.76. The van der Waals surface area contributed by atoms with E-state index in [0.29, 0.717) is 29.9 Å². The van der Waals surface area contributed by atoms with E-state index in [1.807, 2.05) is 36.5 Å². The Kier molecular flexibility index (Phi) is 4.85. The summed E-state index contributed by atoms with van der Waals surface area (Å²) < 4.78 is 1.70. The first-order valence-corrected chi connectivity index (χ1v) is 8.84. The first kappa shape index (κ1) is 17.5. The zero-order chi connectivity index (χ0) is 19.3. The minimum absolute atomic E-state index is 0.0642. The number of nitrogens with one attached hydrogen (secondary N) is 1. The highest BCUT2D eigenvalue weighted by atomic mass is 16.2. The standard InChI is InChI=1S/C21H17N5O2/c27-20-15-25(13-11-23-20)21(28)17-6-8-19(26-12-3-10-24-26)16(14-17)5-7-18-4-1-2-9-22-18/h1-4,6,8-10,12,14H,11,13,15H2,(H,23,27). The Morgan fingerprint density at radius 3 is 2.79 bits per heavy atom. The van der Waals surface area contributed by atoms with Crippen molar-refractivity contribution in [3.8, 4) is 17.5 Å². The summed E-state index contributed by atoms with van der Waals surface area (Å²) in [5.74, 6) is 5.78. The molecule has 1 N–H and O–H groups in total. The topological polar surface area (TPSA) is 80.1 Å². The van der Waals surface area contributed by atoms with Crippen molar-refractivity contribution in [2.75, 3.05) is 19.6 Å². The van der Waals surface area contributed by atoms with Crippen molar-refractivity contribution >= 4 is 11.8 Å². The number of piperazine rings is 1. The third-order valence-corrected chi connectivity index (χ3v) is 4.31. The highest BCUT2D eigenvalue weighted by Crippen LogP contribution is 2.17. The van der Waals surface area contributed by atoms with Gasteiger partial charge in [-0.2, -0.15) is 5.10 Å². The van der Waals surface area contributed by atoms with Crippen LogP contribution >= 0.6 is 0 Å². The fraction of sp³-hybridized carbons (Fsp3) is 0.143. The van der Waals surface area contributed by atoms with Gasteiger partial charge < -0.3 is 10.2 Å². The smallest absolute Gasteiger partial charge is 0.254 e. The highest BCUT2D eigenvalue weighted by Gasteiger charge is 2.22. The maximum absolute atomic E-state index is 12.8. The molecule has 28 heavy (non-hydrogen) atoms. The van der Waals surface area contributed by atoms with Crippen molar-refractivity contribution < 1.29 is 9.59 Å². The van der Waals surface area contributed by atoms with Crippen molar-refractivity contribution in [3.63, 3.8) is 0 Å². The molecule has 0 saturated carbocycles. The van der Waals surface area contributed by atoms with E-state index < -0.39 is 0 Å². The quantitative estimate of drug-likeness (QED) is 0.688. The lowest BCUT2D eigenvalue weighted by Crippen LogP contribution is -2.49. The second-order valence-corrected chi connectivity index (χ2v) is 6.22. The van der Waals surface area contributed by atoms with Gasteiger partial charge in [-0.25, -0.2) is 9.67 Å². The van der Waals surface area contributed by atoms with Crippen LogP contribution < -0.4 is 5.32 Å². The van der Waals surface area contributed by atoms with E-state index in [4.69, 9.17) is 0 Å². The lowest BCUT2D eigenvalue weighted by atomic mass is 10.1. The Labute approximate surface area is 162 Å². The van der Waals surface area contributed by atoms with Crippen LogP contribution in [0, 0.1) is 11.8 Å². The molecule has 7 heteroatoms. The molecule has 3 aromatic rings. The Morgan fingerprint density at radius 1 is 1.11 bits per heavy atom. The largest absolute Gasteiger partial charge is 0.353 e. The molecule has 0 unspecified atom stereocenters. The maximum atomic E-state index is 12.8. The summed E-state index contributed by atoms with van der Waals surface area (Å²) in [7, 11) is 0. The molecule has 1 aromatic carbocycles. The van der Waals surface area contributed by atoms with Gasteiger partial charge >= 0.3 is 0 Å². The molecule has 2 aromatic heterocycles. The Hall–Kier alpha value is -3.92. The van der Waals surface area contributed by atoms with Crippen LogP contribution in [0.15, 0.2) is 61.1 Å². The molecular formula is C21H17N5O2. The third kappa shape index (κ3) is 3.76. The lowest BCUT2D eigenvalue weighted by Gasteiger charge is -2.26. The van der Waals surface area contributed by atoms with Crippen molar-refractivity contribution in [2.24, 2.45) is 0 Å². The zero-order valence-electron chi connectivity index (χ0n) is 15.0. The van der Waals surface area contributed by atoms with Crippen LogP contribution in [0.2, 0.25) is 0 Å². The number of amides is 2. The summed E-state index contributed by atoms with van der Waals surface area (Å²) in [6.45, 7) is 1.01. The minimum atomic E-state index is -0.192. The van der Waals surface area contributed by atoms with E-state index in [-0.39, 0.29) is 18.4 Å². The summed E-state index contributed by atoms with van der Waals surface area (Å²) in [6, 6.07) is 12.6. The van der Waals surface area contributed by atoms with E-state index in [1.54, 1.807) is 29.2 Å². The number of carbonyl (C=O) groups is 2. The molecule has 0 spiro atoms. The number of nitrogens with zero attached hydrogens (tertiary/aromatic N) is 4. The van der Waals surface area contributed by atoms with E-state index in [9.17, 15) is 9.59 Å². The molecule has 0 bridgehead atoms. The van der Waals surface area contributed by atoms with Crippen molar-refractivity contribution in [2.45, 2.75) is 0 Å².